The van der Waals surface area contributed by atoms with Crippen LogP contribution in [0, 0.1) is 0 Å². The van der Waals surface area contributed by atoms with Gasteiger partial charge in [0.2, 0.25) is 5.91 Å². The Labute approximate surface area is 178 Å². The van der Waals surface area contributed by atoms with Crippen molar-refractivity contribution < 1.29 is 14.3 Å². The Balaban J connectivity index is 1.61. The molecule has 2 amide bonds. The second-order valence-electron chi connectivity index (χ2n) is 7.13. The van der Waals surface area contributed by atoms with Crippen LogP contribution < -0.4 is 9.80 Å². The predicted molar refractivity (Wildman–Crippen MR) is 115 cm³/mol. The summed E-state index contributed by atoms with van der Waals surface area (Å²) in [7, 11) is 1.71. The molecular formula is C23H19N3O3S. The van der Waals surface area contributed by atoms with Crippen molar-refractivity contribution >= 4 is 35.0 Å². The first-order valence-corrected chi connectivity index (χ1v) is 10.6. The van der Waals surface area contributed by atoms with Crippen LogP contribution in [0.3, 0.4) is 0 Å². The van der Waals surface area contributed by atoms with E-state index in [-0.39, 0.29) is 24.2 Å². The van der Waals surface area contributed by atoms with Gasteiger partial charge in [0, 0.05) is 24.4 Å². The third kappa shape index (κ3) is 2.74. The molecule has 7 heteroatoms. The van der Waals surface area contributed by atoms with Crippen LogP contribution in [0.25, 0.3) is 0 Å². The normalized spacial score (nSPS) is 19.7. The standard InChI is InChI=1S/C23H19N3O3S/c1-25-19-11-5-3-9-17(19)23(22(25)28)26(18-10-4-2-8-16(18)14-29-23)21(27)15-30-20-12-6-7-13-24-20/h2-13H,14-15H2,1H3. The molecule has 2 aliphatic heterocycles. The number of anilines is 2. The van der Waals surface area contributed by atoms with Crippen molar-refractivity contribution in [2.45, 2.75) is 17.4 Å². The Kier molecular flexibility index (Phi) is 4.56. The largest absolute Gasteiger partial charge is 0.338 e. The fraction of sp³-hybridized carbons (Fsp3) is 0.174. The van der Waals surface area contributed by atoms with Gasteiger partial charge in [-0.1, -0.05) is 54.2 Å². The number of carbonyl (C=O) groups is 2. The molecule has 150 valence electrons. The highest BCUT2D eigenvalue weighted by atomic mass is 32.2. The lowest BCUT2D eigenvalue weighted by Crippen LogP contribution is -2.59. The lowest BCUT2D eigenvalue weighted by atomic mass is 9.97. The number of para-hydroxylation sites is 2. The first-order valence-electron chi connectivity index (χ1n) is 9.59. The van der Waals surface area contributed by atoms with E-state index in [0.29, 0.717) is 11.3 Å². The molecule has 3 heterocycles. The molecule has 1 spiro atoms. The zero-order chi connectivity index (χ0) is 20.7. The van der Waals surface area contributed by atoms with Gasteiger partial charge in [0.15, 0.2) is 0 Å². The van der Waals surface area contributed by atoms with Gasteiger partial charge < -0.3 is 9.64 Å². The molecule has 1 atom stereocenters. The van der Waals surface area contributed by atoms with Crippen LogP contribution in [0.1, 0.15) is 11.1 Å². The number of benzene rings is 2. The summed E-state index contributed by atoms with van der Waals surface area (Å²) in [5.74, 6) is -0.346. The molecule has 0 saturated heterocycles. The zero-order valence-electron chi connectivity index (χ0n) is 16.3. The topological polar surface area (TPSA) is 62.7 Å². The van der Waals surface area contributed by atoms with Gasteiger partial charge in [0.05, 0.1) is 28.8 Å². The molecule has 0 aliphatic carbocycles. The van der Waals surface area contributed by atoms with E-state index in [2.05, 4.69) is 4.98 Å². The van der Waals surface area contributed by atoms with E-state index in [0.717, 1.165) is 16.3 Å². The maximum Gasteiger partial charge on any atom is 0.285 e. The van der Waals surface area contributed by atoms with Gasteiger partial charge in [-0.2, -0.15) is 0 Å². The number of amides is 2. The molecule has 30 heavy (non-hydrogen) atoms. The Hall–Kier alpha value is -3.16. The van der Waals surface area contributed by atoms with E-state index >= 15 is 0 Å². The van der Waals surface area contributed by atoms with E-state index < -0.39 is 5.72 Å². The van der Waals surface area contributed by atoms with Gasteiger partial charge in [-0.05, 0) is 24.3 Å². The van der Waals surface area contributed by atoms with Gasteiger partial charge in [-0.3, -0.25) is 14.5 Å². The van der Waals surface area contributed by atoms with Gasteiger partial charge in [0.25, 0.3) is 11.6 Å². The average molecular weight is 417 g/mol. The fourth-order valence-corrected chi connectivity index (χ4v) is 4.78. The molecule has 5 rings (SSSR count). The number of likely N-dealkylation sites (N-methyl/N-ethyl adjacent to an activating group) is 1. The van der Waals surface area contributed by atoms with E-state index in [4.69, 9.17) is 4.74 Å². The minimum absolute atomic E-state index is 0.135. The Bertz CT molecular complexity index is 1140. The highest BCUT2D eigenvalue weighted by Crippen LogP contribution is 2.49. The smallest absolute Gasteiger partial charge is 0.285 e. The highest BCUT2D eigenvalue weighted by Gasteiger charge is 2.59. The monoisotopic (exact) mass is 417 g/mol. The summed E-state index contributed by atoms with van der Waals surface area (Å²) in [6.07, 6.45) is 1.69. The van der Waals surface area contributed by atoms with Gasteiger partial charge in [-0.25, -0.2) is 4.98 Å². The van der Waals surface area contributed by atoms with Crippen LogP contribution in [0.15, 0.2) is 78.0 Å². The average Bonchev–Trinajstić information content (AvgIpc) is 3.01. The Morgan fingerprint density at radius 2 is 1.80 bits per heavy atom. The summed E-state index contributed by atoms with van der Waals surface area (Å²) in [5, 5.41) is 0.751. The number of hydrogen-bond donors (Lipinski definition) is 0. The number of aromatic nitrogens is 1. The molecular weight excluding hydrogens is 398 g/mol. The molecule has 1 aromatic heterocycles. The lowest BCUT2D eigenvalue weighted by molar-refractivity contribution is -0.152. The van der Waals surface area contributed by atoms with Crippen LogP contribution in [-0.4, -0.2) is 29.6 Å². The Morgan fingerprint density at radius 3 is 2.60 bits per heavy atom. The van der Waals surface area contributed by atoms with E-state index in [1.165, 1.54) is 16.7 Å². The number of rotatable bonds is 3. The van der Waals surface area contributed by atoms with E-state index in [1.807, 2.05) is 66.7 Å². The van der Waals surface area contributed by atoms with Crippen LogP contribution >= 0.6 is 11.8 Å². The third-order valence-electron chi connectivity index (χ3n) is 5.44. The molecule has 3 aromatic rings. The molecule has 0 radical (unpaired) electrons. The molecule has 0 bridgehead atoms. The van der Waals surface area contributed by atoms with Crippen molar-refractivity contribution in [3.8, 4) is 0 Å². The maximum atomic E-state index is 13.6. The number of fused-ring (bicyclic) bond motifs is 3. The van der Waals surface area contributed by atoms with Crippen LogP contribution in [0.4, 0.5) is 11.4 Å². The second kappa shape index (κ2) is 7.27. The predicted octanol–water partition coefficient (Wildman–Crippen LogP) is 3.57. The molecule has 2 aromatic carbocycles. The number of ether oxygens (including phenoxy) is 1. The van der Waals surface area contributed by atoms with Crippen molar-refractivity contribution in [1.82, 2.24) is 4.98 Å². The molecule has 0 saturated carbocycles. The summed E-state index contributed by atoms with van der Waals surface area (Å²) in [5.41, 5.74) is 1.51. The van der Waals surface area contributed by atoms with Gasteiger partial charge in [-0.15, -0.1) is 0 Å². The van der Waals surface area contributed by atoms with Crippen molar-refractivity contribution in [2.75, 3.05) is 22.6 Å². The number of thioether (sulfide) groups is 1. The first kappa shape index (κ1) is 18.8. The first-order chi connectivity index (χ1) is 14.6. The van der Waals surface area contributed by atoms with Crippen molar-refractivity contribution in [1.29, 1.82) is 0 Å². The number of carbonyl (C=O) groups excluding carboxylic acids is 2. The number of pyridine rings is 1. The van der Waals surface area contributed by atoms with Gasteiger partial charge in [0.1, 0.15) is 0 Å². The highest BCUT2D eigenvalue weighted by molar-refractivity contribution is 7.99. The summed E-state index contributed by atoms with van der Waals surface area (Å²) >= 11 is 1.34. The molecule has 0 N–H and O–H groups in total. The van der Waals surface area contributed by atoms with Crippen molar-refractivity contribution in [2.24, 2.45) is 0 Å². The lowest BCUT2D eigenvalue weighted by Gasteiger charge is -2.43. The van der Waals surface area contributed by atoms with Crippen LogP contribution in [-0.2, 0) is 26.7 Å². The minimum atomic E-state index is -1.50. The summed E-state index contributed by atoms with van der Waals surface area (Å²) < 4.78 is 6.24. The third-order valence-corrected chi connectivity index (χ3v) is 6.37. The van der Waals surface area contributed by atoms with E-state index in [9.17, 15) is 9.59 Å². The quantitative estimate of drug-likeness (QED) is 0.610. The number of nitrogens with zero attached hydrogens (tertiary/aromatic N) is 3. The van der Waals surface area contributed by atoms with Gasteiger partial charge >= 0.3 is 0 Å². The molecule has 0 fully saturated rings. The fourth-order valence-electron chi connectivity index (χ4n) is 4.07. The summed E-state index contributed by atoms with van der Waals surface area (Å²) in [6, 6.07) is 20.6. The molecule has 6 nitrogen and oxygen atoms in total. The van der Waals surface area contributed by atoms with Crippen molar-refractivity contribution in [3.05, 3.63) is 84.1 Å². The van der Waals surface area contributed by atoms with E-state index in [1.54, 1.807) is 18.1 Å². The molecule has 1 unspecified atom stereocenters. The second-order valence-corrected chi connectivity index (χ2v) is 8.12. The van der Waals surface area contributed by atoms with Crippen molar-refractivity contribution in [3.63, 3.8) is 0 Å². The molecule has 2 aliphatic rings. The zero-order valence-corrected chi connectivity index (χ0v) is 17.1. The van der Waals surface area contributed by atoms with Crippen LogP contribution in [0.2, 0.25) is 0 Å². The van der Waals surface area contributed by atoms with Crippen LogP contribution in [0.5, 0.6) is 0 Å². The minimum Gasteiger partial charge on any atom is -0.338 e. The Morgan fingerprint density at radius 1 is 1.07 bits per heavy atom. The summed E-state index contributed by atoms with van der Waals surface area (Å²) in [6.45, 7) is 0.251. The maximum absolute atomic E-state index is 13.6. The SMILES string of the molecule is CN1C(=O)C2(OCc3ccccc3N2C(=O)CSc2ccccn2)c2ccccc21. The summed E-state index contributed by atoms with van der Waals surface area (Å²) in [4.78, 5) is 34.5. The number of hydrogen-bond acceptors (Lipinski definition) is 5.